The number of nitrogens with two attached hydrogens (primary N) is 1. The van der Waals surface area contributed by atoms with Gasteiger partial charge in [0.1, 0.15) is 6.42 Å². The minimum absolute atomic E-state index is 0.234. The van der Waals surface area contributed by atoms with Gasteiger partial charge < -0.3 is 10.6 Å². The van der Waals surface area contributed by atoms with E-state index in [2.05, 4.69) is 15.9 Å². The van der Waals surface area contributed by atoms with Crippen molar-refractivity contribution < 1.29 is 18.0 Å². The predicted molar refractivity (Wildman–Crippen MR) is 62.6 cm³/mol. The standard InChI is InChI=1S/C10H10BrF3N2O/c1-16(9(17)5-10(12,13)14)8-3-2-6(11)4-7(8)15/h2-4H,5,15H2,1H3. The van der Waals surface area contributed by atoms with E-state index in [0.717, 1.165) is 4.90 Å². The van der Waals surface area contributed by atoms with Crippen molar-refractivity contribution in [1.29, 1.82) is 0 Å². The number of carbonyl (C=O) groups excluding carboxylic acids is 1. The van der Waals surface area contributed by atoms with E-state index in [1.165, 1.54) is 19.2 Å². The van der Waals surface area contributed by atoms with Gasteiger partial charge >= 0.3 is 6.18 Å². The summed E-state index contributed by atoms with van der Waals surface area (Å²) in [4.78, 5) is 12.2. The Balaban J connectivity index is 2.89. The SMILES string of the molecule is CN(C(=O)CC(F)(F)F)c1ccc(Br)cc1N. The van der Waals surface area contributed by atoms with Crippen molar-refractivity contribution in [3.05, 3.63) is 22.7 Å². The molecule has 0 bridgehead atoms. The second-order valence-electron chi connectivity index (χ2n) is 3.45. The monoisotopic (exact) mass is 310 g/mol. The van der Waals surface area contributed by atoms with Gasteiger partial charge in [-0.1, -0.05) is 15.9 Å². The van der Waals surface area contributed by atoms with E-state index in [1.807, 2.05) is 0 Å². The van der Waals surface area contributed by atoms with Crippen molar-refractivity contribution in [2.24, 2.45) is 0 Å². The van der Waals surface area contributed by atoms with Crippen molar-refractivity contribution >= 4 is 33.2 Å². The molecular formula is C10H10BrF3N2O. The molecule has 1 aromatic rings. The summed E-state index contributed by atoms with van der Waals surface area (Å²) < 4.78 is 36.9. The van der Waals surface area contributed by atoms with E-state index in [1.54, 1.807) is 6.07 Å². The number of nitrogen functional groups attached to an aromatic ring is 1. The molecule has 3 nitrogen and oxygen atoms in total. The van der Waals surface area contributed by atoms with Gasteiger partial charge in [-0.3, -0.25) is 4.79 Å². The van der Waals surface area contributed by atoms with E-state index >= 15 is 0 Å². The first-order chi connectivity index (χ1) is 7.70. The summed E-state index contributed by atoms with van der Waals surface area (Å²) in [7, 11) is 1.26. The molecule has 1 aromatic carbocycles. The minimum atomic E-state index is -4.52. The van der Waals surface area contributed by atoms with Gasteiger partial charge in [0, 0.05) is 11.5 Å². The van der Waals surface area contributed by atoms with Crippen LogP contribution in [0.1, 0.15) is 6.42 Å². The van der Waals surface area contributed by atoms with Crippen LogP contribution < -0.4 is 10.6 Å². The normalized spacial score (nSPS) is 11.4. The van der Waals surface area contributed by atoms with Gasteiger partial charge in [-0.2, -0.15) is 13.2 Å². The third-order valence-electron chi connectivity index (χ3n) is 2.08. The van der Waals surface area contributed by atoms with Crippen LogP contribution in [-0.2, 0) is 4.79 Å². The third-order valence-corrected chi connectivity index (χ3v) is 2.57. The summed E-state index contributed by atoms with van der Waals surface area (Å²) in [6.07, 6.45) is -6.02. The van der Waals surface area contributed by atoms with Crippen molar-refractivity contribution in [3.8, 4) is 0 Å². The van der Waals surface area contributed by atoms with Gasteiger partial charge in [-0.15, -0.1) is 0 Å². The molecule has 0 spiro atoms. The Morgan fingerprint density at radius 3 is 2.53 bits per heavy atom. The number of rotatable bonds is 2. The third kappa shape index (κ3) is 3.92. The Morgan fingerprint density at radius 1 is 1.47 bits per heavy atom. The second-order valence-corrected chi connectivity index (χ2v) is 4.36. The lowest BCUT2D eigenvalue weighted by atomic mass is 10.2. The molecule has 1 rings (SSSR count). The molecule has 0 saturated heterocycles. The molecule has 2 N–H and O–H groups in total. The summed E-state index contributed by atoms with van der Waals surface area (Å²) in [5.74, 6) is -1.05. The first-order valence-electron chi connectivity index (χ1n) is 4.59. The number of benzene rings is 1. The number of hydrogen-bond donors (Lipinski definition) is 1. The van der Waals surface area contributed by atoms with Gasteiger partial charge in [0.2, 0.25) is 5.91 Å². The largest absolute Gasteiger partial charge is 0.397 e. The molecule has 0 radical (unpaired) electrons. The van der Waals surface area contributed by atoms with Gasteiger partial charge in [-0.25, -0.2) is 0 Å². The molecule has 1 amide bonds. The topological polar surface area (TPSA) is 46.3 Å². The van der Waals surface area contributed by atoms with Crippen LogP contribution in [0.5, 0.6) is 0 Å². The number of halogens is 4. The quantitative estimate of drug-likeness (QED) is 0.854. The molecule has 0 atom stereocenters. The number of alkyl halides is 3. The maximum Gasteiger partial charge on any atom is 0.397 e. The molecule has 0 saturated carbocycles. The number of nitrogens with zero attached hydrogens (tertiary/aromatic N) is 1. The van der Waals surface area contributed by atoms with Crippen LogP contribution in [0, 0.1) is 0 Å². The van der Waals surface area contributed by atoms with Crippen LogP contribution in [0.25, 0.3) is 0 Å². The molecule has 94 valence electrons. The lowest BCUT2D eigenvalue weighted by molar-refractivity contribution is -0.151. The van der Waals surface area contributed by atoms with Gasteiger partial charge in [0.25, 0.3) is 0 Å². The van der Waals surface area contributed by atoms with Crippen LogP contribution in [-0.4, -0.2) is 19.1 Å². The fourth-order valence-electron chi connectivity index (χ4n) is 1.26. The molecule has 7 heteroatoms. The second kappa shape index (κ2) is 4.95. The van der Waals surface area contributed by atoms with Crippen LogP contribution in [0.2, 0.25) is 0 Å². The molecule has 0 fully saturated rings. The first kappa shape index (κ1) is 13.8. The van der Waals surface area contributed by atoms with Crippen LogP contribution in [0.15, 0.2) is 22.7 Å². The molecule has 17 heavy (non-hydrogen) atoms. The fraction of sp³-hybridized carbons (Fsp3) is 0.300. The highest BCUT2D eigenvalue weighted by Gasteiger charge is 2.33. The maximum atomic E-state index is 12.1. The van der Waals surface area contributed by atoms with Crippen molar-refractivity contribution in [1.82, 2.24) is 0 Å². The summed E-state index contributed by atoms with van der Waals surface area (Å²) in [6, 6.07) is 4.60. The highest BCUT2D eigenvalue weighted by Crippen LogP contribution is 2.28. The lowest BCUT2D eigenvalue weighted by Crippen LogP contribution is -2.31. The zero-order valence-corrected chi connectivity index (χ0v) is 10.5. The summed E-state index contributed by atoms with van der Waals surface area (Å²) in [6.45, 7) is 0. The number of amides is 1. The summed E-state index contributed by atoms with van der Waals surface area (Å²) in [5, 5.41) is 0. The Kier molecular flexibility index (Phi) is 4.03. The average molecular weight is 311 g/mol. The molecule has 0 aliphatic carbocycles. The van der Waals surface area contributed by atoms with Gasteiger partial charge in [0.05, 0.1) is 11.4 Å². The van der Waals surface area contributed by atoms with Crippen molar-refractivity contribution in [2.75, 3.05) is 17.7 Å². The number of anilines is 2. The average Bonchev–Trinajstić information content (AvgIpc) is 2.14. The fourth-order valence-corrected chi connectivity index (χ4v) is 1.63. The highest BCUT2D eigenvalue weighted by atomic mass is 79.9. The van der Waals surface area contributed by atoms with E-state index in [4.69, 9.17) is 5.73 Å². The minimum Gasteiger partial charge on any atom is -0.397 e. The Hall–Kier alpha value is -1.24. The number of hydrogen-bond acceptors (Lipinski definition) is 2. The molecule has 0 unspecified atom stereocenters. The first-order valence-corrected chi connectivity index (χ1v) is 5.38. The Labute approximate surface area is 105 Å². The maximum absolute atomic E-state index is 12.1. The molecule has 0 aliphatic heterocycles. The number of carbonyl (C=O) groups is 1. The molecule has 0 aliphatic rings. The molecule has 0 aromatic heterocycles. The summed E-state index contributed by atoms with van der Waals surface area (Å²) >= 11 is 3.17. The smallest absolute Gasteiger partial charge is 0.397 e. The van der Waals surface area contributed by atoms with Gasteiger partial charge in [-0.05, 0) is 18.2 Å². The van der Waals surface area contributed by atoms with E-state index in [-0.39, 0.29) is 11.4 Å². The highest BCUT2D eigenvalue weighted by molar-refractivity contribution is 9.10. The Morgan fingerprint density at radius 2 is 2.06 bits per heavy atom. The van der Waals surface area contributed by atoms with Crippen molar-refractivity contribution in [2.45, 2.75) is 12.6 Å². The Bertz CT molecular complexity index is 434. The van der Waals surface area contributed by atoms with E-state index < -0.39 is 18.5 Å². The zero-order chi connectivity index (χ0) is 13.2. The molecule has 0 heterocycles. The van der Waals surface area contributed by atoms with Crippen LogP contribution >= 0.6 is 15.9 Å². The zero-order valence-electron chi connectivity index (χ0n) is 8.88. The predicted octanol–water partition coefficient (Wildman–Crippen LogP) is 2.95. The van der Waals surface area contributed by atoms with E-state index in [9.17, 15) is 18.0 Å². The van der Waals surface area contributed by atoms with Crippen LogP contribution in [0.4, 0.5) is 24.5 Å². The van der Waals surface area contributed by atoms with Crippen LogP contribution in [0.3, 0.4) is 0 Å². The lowest BCUT2D eigenvalue weighted by Gasteiger charge is -2.20. The van der Waals surface area contributed by atoms with Gasteiger partial charge in [0.15, 0.2) is 0 Å². The van der Waals surface area contributed by atoms with E-state index in [0.29, 0.717) is 4.47 Å². The van der Waals surface area contributed by atoms with Crippen molar-refractivity contribution in [3.63, 3.8) is 0 Å². The molecular weight excluding hydrogens is 301 g/mol. The summed E-state index contributed by atoms with van der Waals surface area (Å²) in [5.41, 5.74) is 6.10.